The van der Waals surface area contributed by atoms with Crippen LogP contribution in [-0.2, 0) is 11.2 Å². The predicted octanol–water partition coefficient (Wildman–Crippen LogP) is 1.70. The topological polar surface area (TPSA) is 39.4 Å². The van der Waals surface area contributed by atoms with Gasteiger partial charge in [0.05, 0.1) is 0 Å². The third kappa shape index (κ3) is 1.80. The van der Waals surface area contributed by atoms with Gasteiger partial charge in [-0.2, -0.15) is 0 Å². The minimum absolute atomic E-state index is 0.598. The monoisotopic (exact) mass is 217 g/mol. The molecule has 84 valence electrons. The predicted molar refractivity (Wildman–Crippen MR) is 60.2 cm³/mol. The first-order valence-electron chi connectivity index (χ1n) is 5.80. The lowest BCUT2D eigenvalue weighted by Gasteiger charge is -2.20. The first kappa shape index (κ1) is 9.78. The van der Waals surface area contributed by atoms with Crippen molar-refractivity contribution in [3.8, 4) is 0 Å². The van der Waals surface area contributed by atoms with E-state index in [2.05, 4.69) is 14.6 Å². The molecule has 2 aromatic heterocycles. The Labute approximate surface area is 94.3 Å². The van der Waals surface area contributed by atoms with Crippen LogP contribution >= 0.6 is 0 Å². The normalized spacial score (nSPS) is 21.4. The van der Waals surface area contributed by atoms with Gasteiger partial charge < -0.3 is 4.74 Å². The maximum absolute atomic E-state index is 5.49. The second-order valence-corrected chi connectivity index (χ2v) is 4.33. The van der Waals surface area contributed by atoms with Gasteiger partial charge in [-0.05, 0) is 30.9 Å². The highest BCUT2D eigenvalue weighted by Gasteiger charge is 2.17. The first-order valence-corrected chi connectivity index (χ1v) is 5.80. The maximum Gasteiger partial charge on any atom is 0.160 e. The number of ether oxygens (including phenoxy) is 1. The van der Waals surface area contributed by atoms with E-state index in [0.29, 0.717) is 5.92 Å². The van der Waals surface area contributed by atoms with E-state index in [1.165, 1.54) is 12.8 Å². The third-order valence-electron chi connectivity index (χ3n) is 3.11. The van der Waals surface area contributed by atoms with Gasteiger partial charge >= 0.3 is 0 Å². The largest absolute Gasteiger partial charge is 0.381 e. The van der Waals surface area contributed by atoms with Gasteiger partial charge in [0, 0.05) is 25.8 Å². The molecule has 1 aliphatic heterocycles. The van der Waals surface area contributed by atoms with Crippen LogP contribution < -0.4 is 0 Å². The molecule has 1 unspecified atom stereocenters. The number of hydrogen-bond acceptors (Lipinski definition) is 3. The zero-order valence-electron chi connectivity index (χ0n) is 9.17. The van der Waals surface area contributed by atoms with Crippen molar-refractivity contribution in [2.24, 2.45) is 5.92 Å². The average Bonchev–Trinajstić information content (AvgIpc) is 2.74. The fraction of sp³-hybridized carbons (Fsp3) is 0.500. The van der Waals surface area contributed by atoms with Gasteiger partial charge in [-0.15, -0.1) is 10.2 Å². The van der Waals surface area contributed by atoms with Crippen LogP contribution in [0, 0.1) is 5.92 Å². The molecule has 0 spiro atoms. The Hall–Kier alpha value is -1.42. The van der Waals surface area contributed by atoms with Crippen LogP contribution in [0.25, 0.3) is 5.65 Å². The minimum Gasteiger partial charge on any atom is -0.381 e. The molecule has 3 heterocycles. The lowest BCUT2D eigenvalue weighted by atomic mass is 9.98. The summed E-state index contributed by atoms with van der Waals surface area (Å²) in [6.45, 7) is 1.78. The summed E-state index contributed by atoms with van der Waals surface area (Å²) in [6.07, 6.45) is 5.39. The highest BCUT2D eigenvalue weighted by atomic mass is 16.5. The van der Waals surface area contributed by atoms with Crippen molar-refractivity contribution in [2.45, 2.75) is 19.3 Å². The summed E-state index contributed by atoms with van der Waals surface area (Å²) in [5.74, 6) is 1.65. The zero-order chi connectivity index (χ0) is 10.8. The molecule has 2 aromatic rings. The van der Waals surface area contributed by atoms with Crippen molar-refractivity contribution in [1.29, 1.82) is 0 Å². The molecule has 1 saturated heterocycles. The standard InChI is InChI=1S/C12H15N3O/c1-2-6-15-11(5-1)13-14-12(15)8-10-4-3-7-16-9-10/h1-2,5-6,10H,3-4,7-9H2. The van der Waals surface area contributed by atoms with Gasteiger partial charge in [0.1, 0.15) is 5.82 Å². The van der Waals surface area contributed by atoms with E-state index in [1.54, 1.807) is 0 Å². The van der Waals surface area contributed by atoms with E-state index in [4.69, 9.17) is 4.74 Å². The maximum atomic E-state index is 5.49. The molecule has 3 rings (SSSR count). The van der Waals surface area contributed by atoms with Crippen LogP contribution in [0.1, 0.15) is 18.7 Å². The Kier molecular flexibility index (Phi) is 2.58. The van der Waals surface area contributed by atoms with Crippen LogP contribution in [0.5, 0.6) is 0 Å². The quantitative estimate of drug-likeness (QED) is 0.768. The van der Waals surface area contributed by atoms with Crippen LogP contribution in [0.15, 0.2) is 24.4 Å². The molecule has 1 aliphatic rings. The summed E-state index contributed by atoms with van der Waals surface area (Å²) in [5.41, 5.74) is 0.925. The van der Waals surface area contributed by atoms with Gasteiger partial charge in [0.15, 0.2) is 5.65 Å². The Bertz CT molecular complexity index is 474. The Morgan fingerprint density at radius 1 is 1.38 bits per heavy atom. The van der Waals surface area contributed by atoms with Crippen molar-refractivity contribution in [2.75, 3.05) is 13.2 Å². The fourth-order valence-corrected chi connectivity index (χ4v) is 2.26. The molecule has 0 saturated carbocycles. The second-order valence-electron chi connectivity index (χ2n) is 4.33. The molecular weight excluding hydrogens is 202 g/mol. The minimum atomic E-state index is 0.598. The van der Waals surface area contributed by atoms with E-state index in [1.807, 2.05) is 24.4 Å². The second kappa shape index (κ2) is 4.22. The summed E-state index contributed by atoms with van der Waals surface area (Å²) in [6, 6.07) is 5.97. The number of rotatable bonds is 2. The highest BCUT2D eigenvalue weighted by molar-refractivity contribution is 5.37. The third-order valence-corrected chi connectivity index (χ3v) is 3.11. The molecule has 0 aliphatic carbocycles. The van der Waals surface area contributed by atoms with Gasteiger partial charge in [-0.25, -0.2) is 0 Å². The molecule has 0 aromatic carbocycles. The van der Waals surface area contributed by atoms with Gasteiger partial charge in [-0.1, -0.05) is 6.07 Å². The highest BCUT2D eigenvalue weighted by Crippen LogP contribution is 2.18. The van der Waals surface area contributed by atoms with Crippen molar-refractivity contribution in [3.63, 3.8) is 0 Å². The molecular formula is C12H15N3O. The zero-order valence-corrected chi connectivity index (χ0v) is 9.17. The Morgan fingerprint density at radius 3 is 3.25 bits per heavy atom. The van der Waals surface area contributed by atoms with Crippen molar-refractivity contribution in [3.05, 3.63) is 30.2 Å². The van der Waals surface area contributed by atoms with Crippen LogP contribution in [0.2, 0.25) is 0 Å². The average molecular weight is 217 g/mol. The number of aromatic nitrogens is 3. The van der Waals surface area contributed by atoms with Gasteiger partial charge in [0.25, 0.3) is 0 Å². The van der Waals surface area contributed by atoms with Crippen LogP contribution in [0.4, 0.5) is 0 Å². The van der Waals surface area contributed by atoms with Gasteiger partial charge in [0.2, 0.25) is 0 Å². The summed E-state index contributed by atoms with van der Waals surface area (Å²) in [5, 5.41) is 8.40. The fourth-order valence-electron chi connectivity index (χ4n) is 2.26. The number of hydrogen-bond donors (Lipinski definition) is 0. The Balaban J connectivity index is 1.83. The van der Waals surface area contributed by atoms with E-state index >= 15 is 0 Å². The van der Waals surface area contributed by atoms with Crippen molar-refractivity contribution < 1.29 is 4.74 Å². The summed E-state index contributed by atoms with van der Waals surface area (Å²) >= 11 is 0. The summed E-state index contributed by atoms with van der Waals surface area (Å²) in [4.78, 5) is 0. The van der Waals surface area contributed by atoms with Crippen LogP contribution in [0.3, 0.4) is 0 Å². The number of pyridine rings is 1. The lowest BCUT2D eigenvalue weighted by molar-refractivity contribution is 0.0542. The SMILES string of the molecule is c1ccn2c(CC3CCCOC3)nnc2c1. The molecule has 4 heteroatoms. The first-order chi connectivity index (χ1) is 7.93. The molecule has 0 radical (unpaired) electrons. The molecule has 4 nitrogen and oxygen atoms in total. The van der Waals surface area contributed by atoms with E-state index in [0.717, 1.165) is 31.1 Å². The molecule has 0 bridgehead atoms. The van der Waals surface area contributed by atoms with Crippen molar-refractivity contribution in [1.82, 2.24) is 14.6 Å². The van der Waals surface area contributed by atoms with Crippen molar-refractivity contribution >= 4 is 5.65 Å². The summed E-state index contributed by atoms with van der Waals surface area (Å²) in [7, 11) is 0. The van der Waals surface area contributed by atoms with E-state index in [-0.39, 0.29) is 0 Å². The molecule has 0 amide bonds. The van der Waals surface area contributed by atoms with E-state index in [9.17, 15) is 0 Å². The van der Waals surface area contributed by atoms with Crippen LogP contribution in [-0.4, -0.2) is 27.8 Å². The number of fused-ring (bicyclic) bond motifs is 1. The molecule has 1 fully saturated rings. The molecule has 16 heavy (non-hydrogen) atoms. The van der Waals surface area contributed by atoms with E-state index < -0.39 is 0 Å². The lowest BCUT2D eigenvalue weighted by Crippen LogP contribution is -2.20. The van der Waals surface area contributed by atoms with Gasteiger partial charge in [-0.3, -0.25) is 4.40 Å². The Morgan fingerprint density at radius 2 is 2.38 bits per heavy atom. The summed E-state index contributed by atoms with van der Waals surface area (Å²) < 4.78 is 7.55. The molecule has 1 atom stereocenters. The molecule has 0 N–H and O–H groups in total. The smallest absolute Gasteiger partial charge is 0.160 e. The number of nitrogens with zero attached hydrogens (tertiary/aromatic N) is 3.